The minimum absolute atomic E-state index is 0.0629. The Labute approximate surface area is 102 Å². The van der Waals surface area contributed by atoms with E-state index < -0.39 is 5.97 Å². The van der Waals surface area contributed by atoms with Crippen molar-refractivity contribution in [1.82, 2.24) is 0 Å². The van der Waals surface area contributed by atoms with Gasteiger partial charge in [0.15, 0.2) is 5.78 Å². The number of esters is 1. The molecule has 0 aromatic heterocycles. The van der Waals surface area contributed by atoms with Gasteiger partial charge < -0.3 is 14.9 Å². The van der Waals surface area contributed by atoms with Crippen LogP contribution in [0.3, 0.4) is 0 Å². The molecule has 0 heterocycles. The Morgan fingerprint density at radius 2 is 2.00 bits per heavy atom. The molecule has 0 fully saturated rings. The SMILES string of the molecule is COC(=O)CSCC(=O)c1ccc(O)cc1O. The Morgan fingerprint density at radius 1 is 1.29 bits per heavy atom. The third-order valence-corrected chi connectivity index (χ3v) is 2.87. The summed E-state index contributed by atoms with van der Waals surface area (Å²) < 4.78 is 4.42. The second-order valence-corrected chi connectivity index (χ2v) is 4.18. The summed E-state index contributed by atoms with van der Waals surface area (Å²) in [4.78, 5) is 22.4. The highest BCUT2D eigenvalue weighted by Gasteiger charge is 2.12. The van der Waals surface area contributed by atoms with E-state index in [0.717, 1.165) is 17.8 Å². The molecule has 0 aliphatic heterocycles. The van der Waals surface area contributed by atoms with Gasteiger partial charge in [0.05, 0.1) is 24.2 Å². The molecule has 6 heteroatoms. The van der Waals surface area contributed by atoms with Crippen molar-refractivity contribution in [3.05, 3.63) is 23.8 Å². The van der Waals surface area contributed by atoms with Gasteiger partial charge in [0.1, 0.15) is 11.5 Å². The zero-order chi connectivity index (χ0) is 12.8. The van der Waals surface area contributed by atoms with E-state index in [-0.39, 0.29) is 34.4 Å². The van der Waals surface area contributed by atoms with E-state index in [2.05, 4.69) is 4.74 Å². The maximum Gasteiger partial charge on any atom is 0.315 e. The molecule has 0 radical (unpaired) electrons. The molecule has 17 heavy (non-hydrogen) atoms. The van der Waals surface area contributed by atoms with E-state index in [1.165, 1.54) is 19.2 Å². The molecule has 0 aliphatic rings. The quantitative estimate of drug-likeness (QED) is 0.608. The third-order valence-electron chi connectivity index (χ3n) is 1.96. The van der Waals surface area contributed by atoms with Gasteiger partial charge in [0.2, 0.25) is 0 Å². The minimum Gasteiger partial charge on any atom is -0.508 e. The first-order valence-corrected chi connectivity index (χ1v) is 5.90. The average Bonchev–Trinajstić information content (AvgIpc) is 2.28. The molecule has 0 saturated heterocycles. The number of aromatic hydroxyl groups is 2. The van der Waals surface area contributed by atoms with Gasteiger partial charge in [-0.15, -0.1) is 11.8 Å². The predicted molar refractivity (Wildman–Crippen MR) is 63.4 cm³/mol. The first kappa shape index (κ1) is 13.4. The van der Waals surface area contributed by atoms with Crippen LogP contribution in [0.5, 0.6) is 11.5 Å². The van der Waals surface area contributed by atoms with Gasteiger partial charge in [0, 0.05) is 6.07 Å². The van der Waals surface area contributed by atoms with Crippen molar-refractivity contribution >= 4 is 23.5 Å². The molecule has 0 unspecified atom stereocenters. The van der Waals surface area contributed by atoms with E-state index >= 15 is 0 Å². The maximum absolute atomic E-state index is 11.6. The van der Waals surface area contributed by atoms with Crippen molar-refractivity contribution in [3.63, 3.8) is 0 Å². The van der Waals surface area contributed by atoms with E-state index in [4.69, 9.17) is 5.11 Å². The lowest BCUT2D eigenvalue weighted by molar-refractivity contribution is -0.137. The third kappa shape index (κ3) is 3.99. The van der Waals surface area contributed by atoms with Gasteiger partial charge in [-0.3, -0.25) is 9.59 Å². The molecule has 5 nitrogen and oxygen atoms in total. The van der Waals surface area contributed by atoms with Crippen LogP contribution >= 0.6 is 11.8 Å². The number of carbonyl (C=O) groups is 2. The standard InChI is InChI=1S/C11H12O5S/c1-16-11(15)6-17-5-10(14)8-3-2-7(12)4-9(8)13/h2-4,12-13H,5-6H2,1H3. The number of phenols is 2. The van der Waals surface area contributed by atoms with E-state index in [1.54, 1.807) is 0 Å². The summed E-state index contributed by atoms with van der Waals surface area (Å²) in [5.74, 6) is -0.946. The average molecular weight is 256 g/mol. The summed E-state index contributed by atoms with van der Waals surface area (Å²) in [7, 11) is 1.27. The van der Waals surface area contributed by atoms with Crippen LogP contribution < -0.4 is 0 Å². The Balaban J connectivity index is 2.55. The fourth-order valence-electron chi connectivity index (χ4n) is 1.12. The van der Waals surface area contributed by atoms with Gasteiger partial charge in [0.25, 0.3) is 0 Å². The van der Waals surface area contributed by atoms with Crippen LogP contribution in [0.1, 0.15) is 10.4 Å². The van der Waals surface area contributed by atoms with Gasteiger partial charge in [-0.1, -0.05) is 0 Å². The van der Waals surface area contributed by atoms with Crippen LogP contribution in [0.2, 0.25) is 0 Å². The van der Waals surface area contributed by atoms with Crippen LogP contribution in [-0.4, -0.2) is 40.6 Å². The van der Waals surface area contributed by atoms with Crippen LogP contribution in [0.4, 0.5) is 0 Å². The highest BCUT2D eigenvalue weighted by molar-refractivity contribution is 8.00. The first-order valence-electron chi connectivity index (χ1n) is 4.74. The molecule has 0 bridgehead atoms. The summed E-state index contributed by atoms with van der Waals surface area (Å²) in [5, 5.41) is 18.5. The summed E-state index contributed by atoms with van der Waals surface area (Å²) in [6.45, 7) is 0. The Morgan fingerprint density at radius 3 is 2.59 bits per heavy atom. The minimum atomic E-state index is -0.405. The van der Waals surface area contributed by atoms with Gasteiger partial charge >= 0.3 is 5.97 Å². The number of ether oxygens (including phenoxy) is 1. The summed E-state index contributed by atoms with van der Waals surface area (Å²) in [6.07, 6.45) is 0. The molecule has 0 amide bonds. The highest BCUT2D eigenvalue weighted by atomic mass is 32.2. The molecule has 1 aromatic rings. The number of rotatable bonds is 5. The van der Waals surface area contributed by atoms with Crippen molar-refractivity contribution in [2.45, 2.75) is 0 Å². The Bertz CT molecular complexity index is 430. The number of benzene rings is 1. The van der Waals surface area contributed by atoms with Gasteiger partial charge in [-0.25, -0.2) is 0 Å². The lowest BCUT2D eigenvalue weighted by atomic mass is 10.1. The van der Waals surface area contributed by atoms with Crippen molar-refractivity contribution in [2.75, 3.05) is 18.6 Å². The van der Waals surface area contributed by atoms with Crippen LogP contribution in [0, 0.1) is 0 Å². The number of phenolic OH excluding ortho intramolecular Hbond substituents is 2. The summed E-state index contributed by atoms with van der Waals surface area (Å²) in [5.41, 5.74) is 0.125. The van der Waals surface area contributed by atoms with E-state index in [9.17, 15) is 14.7 Å². The zero-order valence-corrected chi connectivity index (χ0v) is 9.99. The molecule has 1 rings (SSSR count). The molecule has 1 aromatic carbocycles. The zero-order valence-electron chi connectivity index (χ0n) is 9.17. The normalized spacial score (nSPS) is 9.94. The largest absolute Gasteiger partial charge is 0.508 e. The van der Waals surface area contributed by atoms with Crippen LogP contribution in [0.15, 0.2) is 18.2 Å². The van der Waals surface area contributed by atoms with E-state index in [1.807, 2.05) is 0 Å². The molecule has 0 aliphatic carbocycles. The number of methoxy groups -OCH3 is 1. The number of hydrogen-bond acceptors (Lipinski definition) is 6. The lowest BCUT2D eigenvalue weighted by Gasteiger charge is -2.04. The molecular weight excluding hydrogens is 244 g/mol. The van der Waals surface area contributed by atoms with Crippen molar-refractivity contribution in [1.29, 1.82) is 0 Å². The monoisotopic (exact) mass is 256 g/mol. The van der Waals surface area contributed by atoms with E-state index in [0.29, 0.717) is 0 Å². The molecule has 0 atom stereocenters. The van der Waals surface area contributed by atoms with Crippen LogP contribution in [0.25, 0.3) is 0 Å². The second-order valence-electron chi connectivity index (χ2n) is 3.19. The molecule has 92 valence electrons. The predicted octanol–water partition coefficient (Wildman–Crippen LogP) is 1.19. The molecule has 0 saturated carbocycles. The number of Topliss-reactive ketones (excluding diaryl/α,β-unsaturated/α-hetero) is 1. The fraction of sp³-hybridized carbons (Fsp3) is 0.273. The van der Waals surface area contributed by atoms with Crippen LogP contribution in [-0.2, 0) is 9.53 Å². The summed E-state index contributed by atoms with van der Waals surface area (Å²) in [6, 6.07) is 3.75. The second kappa shape index (κ2) is 6.15. The highest BCUT2D eigenvalue weighted by Crippen LogP contribution is 2.23. The Hall–Kier alpha value is -1.69. The number of ketones is 1. The van der Waals surface area contributed by atoms with Crippen molar-refractivity contribution in [3.8, 4) is 11.5 Å². The topological polar surface area (TPSA) is 83.8 Å². The number of thioether (sulfide) groups is 1. The fourth-order valence-corrected chi connectivity index (χ4v) is 1.85. The number of hydrogen-bond donors (Lipinski definition) is 2. The first-order chi connectivity index (χ1) is 8.04. The maximum atomic E-state index is 11.6. The smallest absolute Gasteiger partial charge is 0.315 e. The number of carbonyl (C=O) groups excluding carboxylic acids is 2. The Kier molecular flexibility index (Phi) is 4.84. The van der Waals surface area contributed by atoms with Crippen molar-refractivity contribution < 1.29 is 24.5 Å². The van der Waals surface area contributed by atoms with Gasteiger partial charge in [-0.2, -0.15) is 0 Å². The van der Waals surface area contributed by atoms with Gasteiger partial charge in [-0.05, 0) is 12.1 Å². The summed E-state index contributed by atoms with van der Waals surface area (Å²) >= 11 is 1.10. The lowest BCUT2D eigenvalue weighted by Crippen LogP contribution is -2.08. The molecule has 0 spiro atoms. The molecule has 2 N–H and O–H groups in total. The van der Waals surface area contributed by atoms with Crippen molar-refractivity contribution in [2.24, 2.45) is 0 Å². The molecular formula is C11H12O5S.